The van der Waals surface area contributed by atoms with Gasteiger partial charge in [-0.1, -0.05) is 11.6 Å². The number of fused-ring (bicyclic) bond motifs is 1. The highest BCUT2D eigenvalue weighted by molar-refractivity contribution is 6.34. The van der Waals surface area contributed by atoms with Crippen molar-refractivity contribution in [2.24, 2.45) is 0 Å². The van der Waals surface area contributed by atoms with Crippen LogP contribution in [0.3, 0.4) is 0 Å². The maximum Gasteiger partial charge on any atom is 0.340 e. The topological polar surface area (TPSA) is 125 Å². The second-order valence-corrected chi connectivity index (χ2v) is 10.5. The number of amides is 1. The van der Waals surface area contributed by atoms with Crippen LogP contribution < -0.4 is 9.64 Å². The zero-order chi connectivity index (χ0) is 27.6. The number of nitrogens with zero attached hydrogens (tertiary/aromatic N) is 3. The summed E-state index contributed by atoms with van der Waals surface area (Å²) in [5, 5.41) is 9.96. The molecule has 38 heavy (non-hydrogen) atoms. The summed E-state index contributed by atoms with van der Waals surface area (Å²) in [6.45, 7) is 7.53. The van der Waals surface area contributed by atoms with Gasteiger partial charge in [-0.15, -0.1) is 0 Å². The lowest BCUT2D eigenvalue weighted by Crippen LogP contribution is -2.49. The third-order valence-corrected chi connectivity index (χ3v) is 6.54. The number of H-pyrrole nitrogens is 1. The summed E-state index contributed by atoms with van der Waals surface area (Å²) in [6.07, 6.45) is 1.44. The number of esters is 1. The molecule has 3 heterocycles. The first-order valence-electron chi connectivity index (χ1n) is 12.3. The van der Waals surface area contributed by atoms with Crippen molar-refractivity contribution in [3.63, 3.8) is 0 Å². The molecule has 202 valence electrons. The van der Waals surface area contributed by atoms with E-state index in [0.29, 0.717) is 70.5 Å². The average Bonchev–Trinajstić information content (AvgIpc) is 3.28. The van der Waals surface area contributed by atoms with Crippen molar-refractivity contribution in [1.29, 1.82) is 0 Å². The summed E-state index contributed by atoms with van der Waals surface area (Å²) in [6, 6.07) is 7.33. The number of carbonyl (C=O) groups is 3. The second kappa shape index (κ2) is 10.9. The Bertz CT molecular complexity index is 1370. The molecule has 11 heteroatoms. The summed E-state index contributed by atoms with van der Waals surface area (Å²) in [7, 11) is 1.53. The fourth-order valence-electron chi connectivity index (χ4n) is 4.38. The van der Waals surface area contributed by atoms with Crippen molar-refractivity contribution in [3.05, 3.63) is 41.0 Å². The molecule has 2 N–H and O–H groups in total. The predicted octanol–water partition coefficient (Wildman–Crippen LogP) is 4.36. The van der Waals surface area contributed by atoms with Gasteiger partial charge in [-0.3, -0.25) is 9.59 Å². The molecule has 0 radical (unpaired) electrons. The van der Waals surface area contributed by atoms with Gasteiger partial charge < -0.3 is 29.4 Å². The number of hydrogen-bond acceptors (Lipinski definition) is 7. The van der Waals surface area contributed by atoms with Crippen molar-refractivity contribution in [2.75, 3.05) is 38.2 Å². The molecule has 1 aromatic carbocycles. The minimum absolute atomic E-state index is 0.00199. The van der Waals surface area contributed by atoms with E-state index >= 15 is 0 Å². The Hall–Kier alpha value is -3.79. The average molecular weight is 543 g/mol. The Morgan fingerprint density at radius 3 is 2.42 bits per heavy atom. The van der Waals surface area contributed by atoms with Crippen molar-refractivity contribution < 1.29 is 29.0 Å². The molecule has 1 saturated heterocycles. The lowest BCUT2D eigenvalue weighted by Gasteiger charge is -2.35. The minimum atomic E-state index is -0.981. The number of carboxylic acids is 1. The number of methoxy groups -OCH3 is 1. The van der Waals surface area contributed by atoms with Gasteiger partial charge in [-0.25, -0.2) is 4.79 Å². The van der Waals surface area contributed by atoms with Crippen LogP contribution in [0.1, 0.15) is 44.0 Å². The molecule has 0 unspecified atom stereocenters. The molecule has 2 aromatic heterocycles. The SMILES string of the molecule is COc1nc(N2CCN(C(=O)CCC(=O)O)CC2)ccc1-c1cc2c(C(=O)OC(C)(C)C)c[nH]c2cc1Cl. The highest BCUT2D eigenvalue weighted by atomic mass is 35.5. The van der Waals surface area contributed by atoms with Crippen LogP contribution in [0.5, 0.6) is 5.88 Å². The van der Waals surface area contributed by atoms with Gasteiger partial charge in [0, 0.05) is 60.8 Å². The van der Waals surface area contributed by atoms with E-state index in [0.717, 1.165) is 0 Å². The molecular weight excluding hydrogens is 512 g/mol. The number of ether oxygens (including phenoxy) is 2. The predicted molar refractivity (Wildman–Crippen MR) is 144 cm³/mol. The fraction of sp³-hybridized carbons (Fsp3) is 0.407. The van der Waals surface area contributed by atoms with E-state index in [1.807, 2.05) is 43.9 Å². The first-order valence-corrected chi connectivity index (χ1v) is 12.7. The molecule has 0 spiro atoms. The van der Waals surface area contributed by atoms with Gasteiger partial charge in [-0.2, -0.15) is 4.98 Å². The molecule has 1 fully saturated rings. The highest BCUT2D eigenvalue weighted by Crippen LogP contribution is 2.38. The van der Waals surface area contributed by atoms with E-state index in [9.17, 15) is 14.4 Å². The number of aromatic nitrogens is 2. The Kier molecular flexibility index (Phi) is 7.82. The van der Waals surface area contributed by atoms with Crippen LogP contribution in [0.25, 0.3) is 22.0 Å². The van der Waals surface area contributed by atoms with Crippen LogP contribution in [0.15, 0.2) is 30.5 Å². The van der Waals surface area contributed by atoms with Crippen molar-refractivity contribution in [2.45, 2.75) is 39.2 Å². The Balaban J connectivity index is 1.57. The molecule has 1 aliphatic rings. The monoisotopic (exact) mass is 542 g/mol. The van der Waals surface area contributed by atoms with E-state index in [1.165, 1.54) is 7.11 Å². The van der Waals surface area contributed by atoms with Gasteiger partial charge in [0.2, 0.25) is 11.8 Å². The maximum absolute atomic E-state index is 12.8. The summed E-state index contributed by atoms with van der Waals surface area (Å²) in [5.74, 6) is -0.508. The van der Waals surface area contributed by atoms with Gasteiger partial charge in [0.1, 0.15) is 11.4 Å². The third-order valence-electron chi connectivity index (χ3n) is 6.23. The van der Waals surface area contributed by atoms with Gasteiger partial charge in [0.25, 0.3) is 0 Å². The number of hydrogen-bond donors (Lipinski definition) is 2. The minimum Gasteiger partial charge on any atom is -0.481 e. The molecule has 4 rings (SSSR count). The molecule has 0 aliphatic carbocycles. The van der Waals surface area contributed by atoms with E-state index in [-0.39, 0.29) is 18.7 Å². The number of pyridine rings is 1. The maximum atomic E-state index is 12.8. The first kappa shape index (κ1) is 27.3. The van der Waals surface area contributed by atoms with Crippen LogP contribution in [0.2, 0.25) is 5.02 Å². The molecule has 0 saturated carbocycles. The molecule has 10 nitrogen and oxygen atoms in total. The van der Waals surface area contributed by atoms with Gasteiger partial charge in [0.15, 0.2) is 0 Å². The molecular formula is C27H31ClN4O6. The number of anilines is 1. The third kappa shape index (κ3) is 6.02. The van der Waals surface area contributed by atoms with Crippen LogP contribution in [0, 0.1) is 0 Å². The largest absolute Gasteiger partial charge is 0.481 e. The molecule has 3 aromatic rings. The summed E-state index contributed by atoms with van der Waals surface area (Å²) >= 11 is 6.64. The second-order valence-electron chi connectivity index (χ2n) is 10.1. The smallest absolute Gasteiger partial charge is 0.340 e. The van der Waals surface area contributed by atoms with E-state index in [2.05, 4.69) is 4.98 Å². The van der Waals surface area contributed by atoms with Crippen LogP contribution >= 0.6 is 11.6 Å². The lowest BCUT2D eigenvalue weighted by atomic mass is 10.0. The molecule has 1 aliphatic heterocycles. The number of aromatic amines is 1. The van der Waals surface area contributed by atoms with Gasteiger partial charge in [0.05, 0.1) is 24.1 Å². The number of carbonyl (C=O) groups excluding carboxylic acids is 2. The fourth-order valence-corrected chi connectivity index (χ4v) is 4.64. The van der Waals surface area contributed by atoms with Crippen molar-refractivity contribution in [1.82, 2.24) is 14.9 Å². The number of piperazine rings is 1. The van der Waals surface area contributed by atoms with E-state index < -0.39 is 17.5 Å². The molecule has 0 bridgehead atoms. The normalized spacial score (nSPS) is 14.0. The van der Waals surface area contributed by atoms with Crippen molar-refractivity contribution >= 4 is 46.2 Å². The summed E-state index contributed by atoms with van der Waals surface area (Å²) in [4.78, 5) is 47.3. The summed E-state index contributed by atoms with van der Waals surface area (Å²) in [5.41, 5.74) is 1.82. The van der Waals surface area contributed by atoms with Crippen LogP contribution in [-0.2, 0) is 14.3 Å². The number of halogens is 1. The van der Waals surface area contributed by atoms with Crippen molar-refractivity contribution in [3.8, 4) is 17.0 Å². The number of aliphatic carboxylic acids is 1. The zero-order valence-electron chi connectivity index (χ0n) is 21.8. The first-order chi connectivity index (χ1) is 18.0. The van der Waals surface area contributed by atoms with Crippen LogP contribution in [0.4, 0.5) is 5.82 Å². The number of carboxylic acid groups (broad SMARTS) is 1. The highest BCUT2D eigenvalue weighted by Gasteiger charge is 2.25. The van der Waals surface area contributed by atoms with Gasteiger partial charge in [-0.05, 0) is 45.0 Å². The Morgan fingerprint density at radius 2 is 1.79 bits per heavy atom. The van der Waals surface area contributed by atoms with Gasteiger partial charge >= 0.3 is 11.9 Å². The van der Waals surface area contributed by atoms with Crippen LogP contribution in [-0.4, -0.2) is 76.7 Å². The summed E-state index contributed by atoms with van der Waals surface area (Å²) < 4.78 is 11.2. The van der Waals surface area contributed by atoms with E-state index in [4.69, 9.17) is 31.2 Å². The zero-order valence-corrected chi connectivity index (χ0v) is 22.6. The standard InChI is InChI=1S/C27H31ClN4O6/c1-27(2,3)38-26(36)19-15-29-21-14-20(28)17(13-18(19)21)16-5-6-22(30-25(16)37-4)31-9-11-32(12-10-31)23(33)7-8-24(34)35/h5-6,13-15,29H,7-12H2,1-4H3,(H,34,35). The number of rotatable bonds is 7. The molecule has 0 atom stereocenters. The Labute approximate surface area is 225 Å². The number of nitrogens with one attached hydrogen (secondary N) is 1. The lowest BCUT2D eigenvalue weighted by molar-refractivity contribution is -0.141. The Morgan fingerprint density at radius 1 is 1.08 bits per heavy atom. The molecule has 1 amide bonds. The quantitative estimate of drug-likeness (QED) is 0.422. The van der Waals surface area contributed by atoms with E-state index in [1.54, 1.807) is 17.2 Å². The number of benzene rings is 1.